The molecule has 0 unspecified atom stereocenters. The van der Waals surface area contributed by atoms with Crippen molar-refractivity contribution in [3.8, 4) is 11.5 Å². The largest absolute Gasteiger partial charge is 0.493 e. The number of sulfonamides is 1. The smallest absolute Gasteiger partial charge is 0.223 e. The number of hydrogen-bond donors (Lipinski definition) is 1. The summed E-state index contributed by atoms with van der Waals surface area (Å²) in [7, 11) is -0.249. The number of piperidine rings is 1. The first-order valence-corrected chi connectivity index (χ1v) is 12.0. The lowest BCUT2D eigenvalue weighted by atomic mass is 9.97. The van der Waals surface area contributed by atoms with Crippen molar-refractivity contribution in [3.05, 3.63) is 59.2 Å². The van der Waals surface area contributed by atoms with E-state index in [0.717, 1.165) is 16.7 Å². The van der Waals surface area contributed by atoms with Gasteiger partial charge in [0, 0.05) is 25.6 Å². The van der Waals surface area contributed by atoms with E-state index in [4.69, 9.17) is 9.47 Å². The summed E-state index contributed by atoms with van der Waals surface area (Å²) in [5.74, 6) is 1.000. The first kappa shape index (κ1) is 23.1. The number of carbonyl (C=O) groups is 1. The maximum Gasteiger partial charge on any atom is 0.223 e. The molecule has 0 bridgehead atoms. The van der Waals surface area contributed by atoms with E-state index < -0.39 is 10.0 Å². The van der Waals surface area contributed by atoms with Gasteiger partial charge >= 0.3 is 0 Å². The van der Waals surface area contributed by atoms with Crippen LogP contribution in [-0.2, 0) is 27.1 Å². The van der Waals surface area contributed by atoms with Crippen LogP contribution in [0.15, 0.2) is 42.5 Å². The van der Waals surface area contributed by atoms with E-state index in [9.17, 15) is 13.2 Å². The van der Waals surface area contributed by atoms with Crippen molar-refractivity contribution in [2.24, 2.45) is 5.92 Å². The number of aryl methyl sites for hydroxylation is 1. The number of methoxy groups -OCH3 is 2. The number of benzene rings is 2. The summed E-state index contributed by atoms with van der Waals surface area (Å²) >= 11 is 0. The molecule has 7 nitrogen and oxygen atoms in total. The standard InChI is InChI=1S/C23H30N2O5S/c1-17-5-4-6-19(13-17)16-31(27,28)25-11-9-20(10-12-25)23(26)24-15-18-7-8-21(29-2)22(14-18)30-3/h4-8,13-14,20H,9-12,15-16H2,1-3H3,(H,24,26). The fourth-order valence-electron chi connectivity index (χ4n) is 3.82. The van der Waals surface area contributed by atoms with Crippen LogP contribution in [0.3, 0.4) is 0 Å². The fourth-order valence-corrected chi connectivity index (χ4v) is 5.37. The van der Waals surface area contributed by atoms with Crippen LogP contribution < -0.4 is 14.8 Å². The molecule has 2 aromatic rings. The predicted molar refractivity (Wildman–Crippen MR) is 119 cm³/mol. The molecule has 3 rings (SSSR count). The minimum absolute atomic E-state index is 0.00908. The second-order valence-corrected chi connectivity index (χ2v) is 9.79. The van der Waals surface area contributed by atoms with E-state index in [1.54, 1.807) is 20.3 Å². The van der Waals surface area contributed by atoms with Crippen molar-refractivity contribution in [3.63, 3.8) is 0 Å². The highest BCUT2D eigenvalue weighted by Gasteiger charge is 2.31. The van der Waals surface area contributed by atoms with Crippen LogP contribution in [0.5, 0.6) is 11.5 Å². The van der Waals surface area contributed by atoms with Crippen molar-refractivity contribution in [2.75, 3.05) is 27.3 Å². The van der Waals surface area contributed by atoms with Crippen LogP contribution in [0.1, 0.15) is 29.5 Å². The molecular formula is C23H30N2O5S. The third kappa shape index (κ3) is 5.98. The average molecular weight is 447 g/mol. The second-order valence-electron chi connectivity index (χ2n) is 7.83. The Balaban J connectivity index is 1.51. The number of carbonyl (C=O) groups excluding carboxylic acids is 1. The Morgan fingerprint density at radius 3 is 2.39 bits per heavy atom. The summed E-state index contributed by atoms with van der Waals surface area (Å²) in [6, 6.07) is 13.1. The first-order valence-electron chi connectivity index (χ1n) is 10.3. The Morgan fingerprint density at radius 2 is 1.74 bits per heavy atom. The van der Waals surface area contributed by atoms with Crippen molar-refractivity contribution < 1.29 is 22.7 Å². The third-order valence-corrected chi connectivity index (χ3v) is 7.41. The van der Waals surface area contributed by atoms with Crippen LogP contribution in [-0.4, -0.2) is 45.9 Å². The maximum absolute atomic E-state index is 12.8. The Labute approximate surface area is 184 Å². The highest BCUT2D eigenvalue weighted by atomic mass is 32.2. The van der Waals surface area contributed by atoms with E-state index in [0.29, 0.717) is 44.0 Å². The molecule has 8 heteroatoms. The Bertz CT molecular complexity index is 1010. The lowest BCUT2D eigenvalue weighted by Gasteiger charge is -2.30. The van der Waals surface area contributed by atoms with E-state index in [-0.39, 0.29) is 17.6 Å². The van der Waals surface area contributed by atoms with Crippen LogP contribution >= 0.6 is 0 Å². The van der Waals surface area contributed by atoms with E-state index in [2.05, 4.69) is 5.32 Å². The van der Waals surface area contributed by atoms with Gasteiger partial charge in [-0.1, -0.05) is 35.9 Å². The van der Waals surface area contributed by atoms with Gasteiger partial charge in [0.15, 0.2) is 11.5 Å². The van der Waals surface area contributed by atoms with Crippen LogP contribution in [0.25, 0.3) is 0 Å². The monoisotopic (exact) mass is 446 g/mol. The Hall–Kier alpha value is -2.58. The first-order chi connectivity index (χ1) is 14.8. The number of amides is 1. The number of hydrogen-bond acceptors (Lipinski definition) is 5. The van der Waals surface area contributed by atoms with Crippen molar-refractivity contribution in [1.82, 2.24) is 9.62 Å². The number of rotatable bonds is 8. The molecule has 31 heavy (non-hydrogen) atoms. The quantitative estimate of drug-likeness (QED) is 0.674. The van der Waals surface area contributed by atoms with Gasteiger partial charge < -0.3 is 14.8 Å². The molecule has 0 atom stereocenters. The number of ether oxygens (including phenoxy) is 2. The molecular weight excluding hydrogens is 416 g/mol. The van der Waals surface area contributed by atoms with Crippen molar-refractivity contribution >= 4 is 15.9 Å². The summed E-state index contributed by atoms with van der Waals surface area (Å²) in [6.45, 7) is 3.05. The van der Waals surface area contributed by atoms with Gasteiger partial charge in [-0.3, -0.25) is 4.79 Å². The van der Waals surface area contributed by atoms with Crippen molar-refractivity contribution in [2.45, 2.75) is 32.1 Å². The zero-order chi connectivity index (χ0) is 22.4. The Kier molecular flexibility index (Phi) is 7.56. The van der Waals surface area contributed by atoms with Gasteiger partial charge in [-0.25, -0.2) is 12.7 Å². The molecule has 1 aliphatic rings. The number of nitrogens with one attached hydrogen (secondary N) is 1. The summed E-state index contributed by atoms with van der Waals surface area (Å²) in [5, 5.41) is 2.95. The van der Waals surface area contributed by atoms with Gasteiger partial charge in [0.1, 0.15) is 0 Å². The predicted octanol–water partition coefficient (Wildman–Crippen LogP) is 2.87. The summed E-state index contributed by atoms with van der Waals surface area (Å²) in [4.78, 5) is 12.6. The summed E-state index contributed by atoms with van der Waals surface area (Å²) in [5.41, 5.74) is 2.73. The summed E-state index contributed by atoms with van der Waals surface area (Å²) < 4.78 is 37.6. The molecule has 1 amide bonds. The topological polar surface area (TPSA) is 84.9 Å². The molecule has 0 radical (unpaired) electrons. The second kappa shape index (κ2) is 10.2. The molecule has 1 aliphatic heterocycles. The minimum Gasteiger partial charge on any atom is -0.493 e. The molecule has 1 saturated heterocycles. The van der Waals surface area contributed by atoms with Gasteiger partial charge in [-0.15, -0.1) is 0 Å². The van der Waals surface area contributed by atoms with Gasteiger partial charge in [0.2, 0.25) is 15.9 Å². The SMILES string of the molecule is COc1ccc(CNC(=O)C2CCN(S(=O)(=O)Cc3cccc(C)c3)CC2)cc1OC. The van der Waals surface area contributed by atoms with Crippen LogP contribution in [0, 0.1) is 12.8 Å². The normalized spacial score (nSPS) is 15.5. The summed E-state index contributed by atoms with van der Waals surface area (Å²) in [6.07, 6.45) is 1.04. The zero-order valence-electron chi connectivity index (χ0n) is 18.3. The lowest BCUT2D eigenvalue weighted by Crippen LogP contribution is -2.43. The van der Waals surface area contributed by atoms with E-state index in [1.807, 2.05) is 43.3 Å². The molecule has 0 saturated carbocycles. The molecule has 1 N–H and O–H groups in total. The molecule has 2 aromatic carbocycles. The lowest BCUT2D eigenvalue weighted by molar-refractivity contribution is -0.126. The average Bonchev–Trinajstić information content (AvgIpc) is 2.77. The zero-order valence-corrected chi connectivity index (χ0v) is 19.1. The Morgan fingerprint density at radius 1 is 1.03 bits per heavy atom. The van der Waals surface area contributed by atoms with Crippen molar-refractivity contribution in [1.29, 1.82) is 0 Å². The molecule has 0 spiro atoms. The molecule has 168 valence electrons. The van der Waals surface area contributed by atoms with E-state index >= 15 is 0 Å². The van der Waals surface area contributed by atoms with Gasteiger partial charge in [-0.05, 0) is 43.0 Å². The van der Waals surface area contributed by atoms with Crippen LogP contribution in [0.2, 0.25) is 0 Å². The molecule has 1 fully saturated rings. The molecule has 0 aromatic heterocycles. The highest BCUT2D eigenvalue weighted by Crippen LogP contribution is 2.28. The van der Waals surface area contributed by atoms with Gasteiger partial charge in [-0.2, -0.15) is 0 Å². The maximum atomic E-state index is 12.8. The highest BCUT2D eigenvalue weighted by molar-refractivity contribution is 7.88. The van der Waals surface area contributed by atoms with E-state index in [1.165, 1.54) is 4.31 Å². The van der Waals surface area contributed by atoms with Gasteiger partial charge in [0.25, 0.3) is 0 Å². The molecule has 0 aliphatic carbocycles. The minimum atomic E-state index is -3.40. The third-order valence-electron chi connectivity index (χ3n) is 5.56. The number of nitrogens with zero attached hydrogens (tertiary/aromatic N) is 1. The fraction of sp³-hybridized carbons (Fsp3) is 0.435. The molecule has 1 heterocycles. The van der Waals surface area contributed by atoms with Gasteiger partial charge in [0.05, 0.1) is 20.0 Å². The van der Waals surface area contributed by atoms with Crippen LogP contribution in [0.4, 0.5) is 0 Å².